The molecule has 0 radical (unpaired) electrons. The van der Waals surface area contributed by atoms with E-state index < -0.39 is 5.54 Å². The Labute approximate surface area is 155 Å². The summed E-state index contributed by atoms with van der Waals surface area (Å²) in [6.07, 6.45) is 9.03. The van der Waals surface area contributed by atoms with Crippen LogP contribution in [0.25, 0.3) is 0 Å². The molecule has 0 bridgehead atoms. The highest BCUT2D eigenvalue weighted by molar-refractivity contribution is 5.94. The zero-order chi connectivity index (χ0) is 18.6. The van der Waals surface area contributed by atoms with Crippen molar-refractivity contribution in [3.63, 3.8) is 0 Å². The lowest BCUT2D eigenvalue weighted by molar-refractivity contribution is -0.141. The SMILES string of the molecule is C[C@@]1(C(=O)NC2CCCCCCC2)CCC(=O)N1Cc1ccc(F)cc1. The molecule has 5 heteroatoms. The molecule has 1 saturated carbocycles. The van der Waals surface area contributed by atoms with Crippen LogP contribution >= 0.6 is 0 Å². The van der Waals surface area contributed by atoms with Gasteiger partial charge in [-0.25, -0.2) is 4.39 Å². The van der Waals surface area contributed by atoms with Gasteiger partial charge >= 0.3 is 0 Å². The van der Waals surface area contributed by atoms with E-state index in [-0.39, 0.29) is 23.7 Å². The molecule has 2 fully saturated rings. The predicted molar refractivity (Wildman–Crippen MR) is 98.8 cm³/mol. The van der Waals surface area contributed by atoms with Gasteiger partial charge in [0.15, 0.2) is 0 Å². The largest absolute Gasteiger partial charge is 0.351 e. The number of carbonyl (C=O) groups is 2. The van der Waals surface area contributed by atoms with Crippen LogP contribution in [0.4, 0.5) is 4.39 Å². The molecule has 1 aromatic rings. The van der Waals surface area contributed by atoms with E-state index in [4.69, 9.17) is 0 Å². The Bertz CT molecular complexity index is 638. The van der Waals surface area contributed by atoms with Crippen molar-refractivity contribution >= 4 is 11.8 Å². The van der Waals surface area contributed by atoms with Gasteiger partial charge in [0, 0.05) is 19.0 Å². The maximum absolute atomic E-state index is 13.1. The van der Waals surface area contributed by atoms with Gasteiger partial charge in [0.25, 0.3) is 0 Å². The Balaban J connectivity index is 1.69. The molecule has 4 nitrogen and oxygen atoms in total. The number of hydrogen-bond acceptors (Lipinski definition) is 2. The average Bonchev–Trinajstić information content (AvgIpc) is 2.88. The van der Waals surface area contributed by atoms with Crippen molar-refractivity contribution in [2.45, 2.75) is 82.8 Å². The fourth-order valence-electron chi connectivity index (χ4n) is 4.11. The number of likely N-dealkylation sites (tertiary alicyclic amines) is 1. The molecule has 1 aliphatic heterocycles. The fraction of sp³-hybridized carbons (Fsp3) is 0.619. The van der Waals surface area contributed by atoms with E-state index in [0.29, 0.717) is 19.4 Å². The van der Waals surface area contributed by atoms with E-state index in [0.717, 1.165) is 31.2 Å². The van der Waals surface area contributed by atoms with Crippen molar-refractivity contribution in [3.8, 4) is 0 Å². The summed E-state index contributed by atoms with van der Waals surface area (Å²) in [6, 6.07) is 6.34. The Kier molecular flexibility index (Phi) is 5.94. The summed E-state index contributed by atoms with van der Waals surface area (Å²) in [5.74, 6) is -0.355. The minimum atomic E-state index is -0.826. The molecule has 1 heterocycles. The quantitative estimate of drug-likeness (QED) is 0.884. The highest BCUT2D eigenvalue weighted by atomic mass is 19.1. The minimum Gasteiger partial charge on any atom is -0.351 e. The molecule has 2 aliphatic rings. The summed E-state index contributed by atoms with van der Waals surface area (Å²) in [4.78, 5) is 27.2. The number of carbonyl (C=O) groups excluding carboxylic acids is 2. The van der Waals surface area contributed by atoms with Crippen LogP contribution in [0.2, 0.25) is 0 Å². The van der Waals surface area contributed by atoms with Gasteiger partial charge in [-0.1, -0.05) is 44.2 Å². The molecule has 0 spiro atoms. The Morgan fingerprint density at radius 2 is 1.77 bits per heavy atom. The van der Waals surface area contributed by atoms with Gasteiger partial charge in [-0.15, -0.1) is 0 Å². The highest BCUT2D eigenvalue weighted by Gasteiger charge is 2.47. The second-order valence-electron chi connectivity index (χ2n) is 7.90. The number of amides is 2. The van der Waals surface area contributed by atoms with E-state index in [9.17, 15) is 14.0 Å². The molecule has 0 aromatic heterocycles. The first-order chi connectivity index (χ1) is 12.5. The zero-order valence-electron chi connectivity index (χ0n) is 15.6. The number of halogens is 1. The minimum absolute atomic E-state index is 0.00959. The first kappa shape index (κ1) is 18.9. The van der Waals surface area contributed by atoms with Gasteiger partial charge in [0.2, 0.25) is 11.8 Å². The lowest BCUT2D eigenvalue weighted by atomic mass is 9.93. The van der Waals surface area contributed by atoms with E-state index in [1.54, 1.807) is 17.0 Å². The molecule has 1 atom stereocenters. The van der Waals surface area contributed by atoms with Crippen LogP contribution in [0.15, 0.2) is 24.3 Å². The fourth-order valence-corrected chi connectivity index (χ4v) is 4.11. The molecular weight excluding hydrogens is 331 g/mol. The summed E-state index contributed by atoms with van der Waals surface area (Å²) >= 11 is 0. The van der Waals surface area contributed by atoms with Gasteiger partial charge < -0.3 is 10.2 Å². The maximum atomic E-state index is 13.1. The van der Waals surface area contributed by atoms with E-state index in [1.807, 2.05) is 6.92 Å². The zero-order valence-corrected chi connectivity index (χ0v) is 15.6. The molecule has 1 aromatic carbocycles. The van der Waals surface area contributed by atoms with Crippen LogP contribution in [-0.2, 0) is 16.1 Å². The van der Waals surface area contributed by atoms with Crippen LogP contribution in [0, 0.1) is 5.82 Å². The van der Waals surface area contributed by atoms with Crippen molar-refractivity contribution in [1.29, 1.82) is 0 Å². The highest BCUT2D eigenvalue weighted by Crippen LogP contribution is 2.32. The van der Waals surface area contributed by atoms with Crippen LogP contribution in [0.1, 0.15) is 70.3 Å². The molecule has 26 heavy (non-hydrogen) atoms. The van der Waals surface area contributed by atoms with Crippen molar-refractivity contribution in [1.82, 2.24) is 10.2 Å². The average molecular weight is 360 g/mol. The van der Waals surface area contributed by atoms with E-state index >= 15 is 0 Å². The summed E-state index contributed by atoms with van der Waals surface area (Å²) in [7, 11) is 0. The van der Waals surface area contributed by atoms with Crippen molar-refractivity contribution in [2.24, 2.45) is 0 Å². The Morgan fingerprint density at radius 1 is 1.15 bits per heavy atom. The van der Waals surface area contributed by atoms with Gasteiger partial charge in [0.05, 0.1) is 0 Å². The smallest absolute Gasteiger partial charge is 0.245 e. The van der Waals surface area contributed by atoms with Gasteiger partial charge in [-0.3, -0.25) is 9.59 Å². The number of benzene rings is 1. The van der Waals surface area contributed by atoms with E-state index in [1.165, 1.54) is 31.4 Å². The van der Waals surface area contributed by atoms with Crippen LogP contribution in [0.5, 0.6) is 0 Å². The Hall–Kier alpha value is -1.91. The number of nitrogens with one attached hydrogen (secondary N) is 1. The molecule has 0 unspecified atom stereocenters. The summed E-state index contributed by atoms with van der Waals surface area (Å²) in [5, 5.41) is 3.22. The summed E-state index contributed by atoms with van der Waals surface area (Å²) in [6.45, 7) is 2.20. The van der Waals surface area contributed by atoms with Crippen molar-refractivity contribution < 1.29 is 14.0 Å². The third-order valence-corrected chi connectivity index (χ3v) is 5.91. The molecule has 1 saturated heterocycles. The predicted octanol–water partition coefficient (Wildman–Crippen LogP) is 3.94. The topological polar surface area (TPSA) is 49.4 Å². The van der Waals surface area contributed by atoms with E-state index in [2.05, 4.69) is 5.32 Å². The molecule has 1 aliphatic carbocycles. The maximum Gasteiger partial charge on any atom is 0.245 e. The van der Waals surface area contributed by atoms with Crippen LogP contribution < -0.4 is 5.32 Å². The number of hydrogen-bond donors (Lipinski definition) is 1. The van der Waals surface area contributed by atoms with Gasteiger partial charge in [-0.05, 0) is 43.9 Å². The van der Waals surface area contributed by atoms with Gasteiger partial charge in [-0.2, -0.15) is 0 Å². The van der Waals surface area contributed by atoms with Crippen molar-refractivity contribution in [2.75, 3.05) is 0 Å². The standard InChI is InChI=1S/C21H29FN2O2/c1-21(20(26)23-18-7-5-3-2-4-6-8-18)14-13-19(25)24(21)15-16-9-11-17(22)12-10-16/h9-12,18H,2-8,13-15H2,1H3,(H,23,26)/t21-/m0/s1. The van der Waals surface area contributed by atoms with Crippen LogP contribution in [-0.4, -0.2) is 28.3 Å². The van der Waals surface area contributed by atoms with Gasteiger partial charge in [0.1, 0.15) is 11.4 Å². The molecule has 3 rings (SSSR count). The normalized spacial score (nSPS) is 25.0. The third-order valence-electron chi connectivity index (χ3n) is 5.91. The second-order valence-corrected chi connectivity index (χ2v) is 7.90. The number of nitrogens with zero attached hydrogens (tertiary/aromatic N) is 1. The summed E-state index contributed by atoms with van der Waals surface area (Å²) in [5.41, 5.74) is 0.0139. The third kappa shape index (κ3) is 4.25. The van der Waals surface area contributed by atoms with Crippen molar-refractivity contribution in [3.05, 3.63) is 35.6 Å². The summed E-state index contributed by atoms with van der Waals surface area (Å²) < 4.78 is 13.1. The lowest BCUT2D eigenvalue weighted by Gasteiger charge is -2.35. The molecule has 142 valence electrons. The molecule has 1 N–H and O–H groups in total. The lowest BCUT2D eigenvalue weighted by Crippen LogP contribution is -2.56. The Morgan fingerprint density at radius 3 is 2.42 bits per heavy atom. The second kappa shape index (κ2) is 8.19. The van der Waals surface area contributed by atoms with Crippen LogP contribution in [0.3, 0.4) is 0 Å². The molecular formula is C21H29FN2O2. The number of rotatable bonds is 4. The molecule has 2 amide bonds. The monoisotopic (exact) mass is 360 g/mol. The first-order valence-corrected chi connectivity index (χ1v) is 9.85. The first-order valence-electron chi connectivity index (χ1n) is 9.85.